The van der Waals surface area contributed by atoms with Gasteiger partial charge >= 0.3 is 0 Å². The number of thiophene rings is 4. The molecular formula is C68H92S4. The van der Waals surface area contributed by atoms with E-state index in [1.165, 1.54) is 177 Å². The number of rotatable bonds is 27. The standard InChI is InChI=1S/C68H92S4/c1-13-21-25-45(17-5)39-67(40-46(18-6)26-22-14-2)55-29-49-31-59(43(9)10)69-61(49)35-53(55)51-33-58-52(34-57(51)67)54-36-62-50(32-63(71-62)65-38-66-64(72-65)37-60(70-66)44(11)12)30-56(54)68(58,41-47(19-7)27-23-15-3)42-48(20-8)28-24-16-4/h29-38,43-48H,13-28,39-42H2,1-12H3. The van der Waals surface area contributed by atoms with E-state index in [0.29, 0.717) is 35.5 Å². The average Bonchev–Trinajstić information content (AvgIpc) is 4.24. The van der Waals surface area contributed by atoms with Crippen molar-refractivity contribution in [1.29, 1.82) is 0 Å². The minimum atomic E-state index is -0.0268. The summed E-state index contributed by atoms with van der Waals surface area (Å²) < 4.78 is 5.87. The summed E-state index contributed by atoms with van der Waals surface area (Å²) in [4.78, 5) is 5.93. The lowest BCUT2D eigenvalue weighted by molar-refractivity contribution is 0.264. The van der Waals surface area contributed by atoms with Gasteiger partial charge in [0.15, 0.2) is 0 Å². The zero-order valence-electron chi connectivity index (χ0n) is 47.0. The number of fused-ring (bicyclic) bond motifs is 9. The van der Waals surface area contributed by atoms with Crippen molar-refractivity contribution < 1.29 is 0 Å². The first-order valence-electron chi connectivity index (χ1n) is 29.8. The highest BCUT2D eigenvalue weighted by molar-refractivity contribution is 7.32. The molecule has 0 amide bonds. The highest BCUT2D eigenvalue weighted by Crippen LogP contribution is 2.64. The molecule has 3 aromatic carbocycles. The highest BCUT2D eigenvalue weighted by atomic mass is 32.1. The lowest BCUT2D eigenvalue weighted by Crippen LogP contribution is -2.32. The molecule has 9 rings (SSSR count). The van der Waals surface area contributed by atoms with Gasteiger partial charge in [-0.25, -0.2) is 0 Å². The van der Waals surface area contributed by atoms with Crippen LogP contribution in [0.25, 0.3) is 61.6 Å². The lowest BCUT2D eigenvalue weighted by atomic mass is 9.63. The first-order valence-corrected chi connectivity index (χ1v) is 33.0. The predicted octanol–water partition coefficient (Wildman–Crippen LogP) is 24.3. The van der Waals surface area contributed by atoms with E-state index in [1.54, 1.807) is 44.5 Å². The van der Waals surface area contributed by atoms with E-state index < -0.39 is 0 Å². The van der Waals surface area contributed by atoms with Crippen molar-refractivity contribution in [2.75, 3.05) is 0 Å². The Kier molecular flexibility index (Phi) is 17.4. The van der Waals surface area contributed by atoms with Gasteiger partial charge < -0.3 is 0 Å². The number of benzene rings is 3. The van der Waals surface area contributed by atoms with Gasteiger partial charge in [0.1, 0.15) is 0 Å². The largest absolute Gasteiger partial charge is 0.140 e. The van der Waals surface area contributed by atoms with Gasteiger partial charge in [0.25, 0.3) is 0 Å². The monoisotopic (exact) mass is 1040 g/mol. The second-order valence-electron chi connectivity index (χ2n) is 24.0. The molecule has 4 unspecified atom stereocenters. The molecule has 0 N–H and O–H groups in total. The van der Waals surface area contributed by atoms with Crippen molar-refractivity contribution in [3.05, 3.63) is 92.7 Å². The van der Waals surface area contributed by atoms with Crippen molar-refractivity contribution in [2.24, 2.45) is 23.7 Å². The van der Waals surface area contributed by atoms with Gasteiger partial charge in [0, 0.05) is 49.1 Å². The van der Waals surface area contributed by atoms with Crippen LogP contribution in [-0.4, -0.2) is 0 Å². The zero-order chi connectivity index (χ0) is 50.9. The number of unbranched alkanes of at least 4 members (excludes halogenated alkanes) is 4. The van der Waals surface area contributed by atoms with Crippen LogP contribution in [-0.2, 0) is 10.8 Å². The van der Waals surface area contributed by atoms with Crippen molar-refractivity contribution in [3.8, 4) is 32.0 Å². The molecule has 0 fully saturated rings. The molecule has 0 aliphatic heterocycles. The molecule has 2 aliphatic carbocycles. The summed E-state index contributed by atoms with van der Waals surface area (Å²) in [5.41, 5.74) is 13.0. The van der Waals surface area contributed by atoms with E-state index in [0.717, 1.165) is 0 Å². The molecule has 388 valence electrons. The van der Waals surface area contributed by atoms with Gasteiger partial charge in [-0.3, -0.25) is 0 Å². The Morgan fingerprint density at radius 3 is 1.08 bits per heavy atom. The summed E-state index contributed by atoms with van der Waals surface area (Å²) in [6, 6.07) is 27.0. The molecule has 0 spiro atoms. The van der Waals surface area contributed by atoms with E-state index >= 15 is 0 Å². The molecule has 0 saturated carbocycles. The van der Waals surface area contributed by atoms with Crippen LogP contribution >= 0.6 is 45.3 Å². The van der Waals surface area contributed by atoms with E-state index in [4.69, 9.17) is 0 Å². The van der Waals surface area contributed by atoms with E-state index in [1.807, 2.05) is 22.7 Å². The molecule has 4 atom stereocenters. The third-order valence-corrected chi connectivity index (χ3v) is 23.7. The summed E-state index contributed by atoms with van der Waals surface area (Å²) in [5.74, 6) is 3.93. The molecule has 2 aliphatic rings. The van der Waals surface area contributed by atoms with Crippen LogP contribution < -0.4 is 0 Å². The normalized spacial score (nSPS) is 19.0. The van der Waals surface area contributed by atoms with Gasteiger partial charge in [-0.1, -0.05) is 186 Å². The summed E-state index contributed by atoms with van der Waals surface area (Å²) in [6.45, 7) is 29.1. The summed E-state index contributed by atoms with van der Waals surface area (Å²) >= 11 is 8.14. The van der Waals surface area contributed by atoms with Gasteiger partial charge in [-0.15, -0.1) is 45.3 Å². The maximum atomic E-state index is 2.91. The summed E-state index contributed by atoms with van der Waals surface area (Å²) in [5, 5.41) is 2.95. The molecule has 0 bridgehead atoms. The molecule has 0 nitrogen and oxygen atoms in total. The Hall–Kier alpha value is -2.76. The summed E-state index contributed by atoms with van der Waals surface area (Å²) in [7, 11) is 0. The smallest absolute Gasteiger partial charge is 0.0463 e. The topological polar surface area (TPSA) is 0 Å². The maximum absolute atomic E-state index is 2.91. The van der Waals surface area contributed by atoms with E-state index in [-0.39, 0.29) is 10.8 Å². The Labute approximate surface area is 454 Å². The third kappa shape index (κ3) is 10.3. The van der Waals surface area contributed by atoms with Crippen molar-refractivity contribution in [3.63, 3.8) is 0 Å². The Morgan fingerprint density at radius 2 is 0.681 bits per heavy atom. The summed E-state index contributed by atoms with van der Waals surface area (Å²) in [6.07, 6.45) is 25.9. The SMILES string of the molecule is CCCCC(CC)CC1(CC(CC)CCCC)c2cc3c(cc2-c2cc4sc(-c5cc6sc(C(C)C)cc6s5)cc4cc21)C(CC(CC)CCCC)(CC(CC)CCCC)c1cc2cc(C(C)C)sc2cc1-3. The van der Waals surface area contributed by atoms with Crippen molar-refractivity contribution in [2.45, 2.75) is 234 Å². The lowest BCUT2D eigenvalue weighted by Gasteiger charge is -2.40. The van der Waals surface area contributed by atoms with Crippen LogP contribution in [0.15, 0.2) is 60.7 Å². The fourth-order valence-electron chi connectivity index (χ4n) is 14.0. The number of hydrogen-bond donors (Lipinski definition) is 0. The minimum absolute atomic E-state index is 0.0100. The van der Waals surface area contributed by atoms with Crippen LogP contribution in [0.5, 0.6) is 0 Å². The Balaban J connectivity index is 1.34. The Morgan fingerprint density at radius 1 is 0.347 bits per heavy atom. The van der Waals surface area contributed by atoms with Crippen LogP contribution in [0.1, 0.15) is 255 Å². The second kappa shape index (κ2) is 23.2. The second-order valence-corrected chi connectivity index (χ2v) is 28.4. The van der Waals surface area contributed by atoms with E-state index in [2.05, 4.69) is 166 Å². The van der Waals surface area contributed by atoms with Crippen LogP contribution in [0.4, 0.5) is 0 Å². The van der Waals surface area contributed by atoms with E-state index in [9.17, 15) is 0 Å². The van der Waals surface area contributed by atoms with Crippen molar-refractivity contribution in [1.82, 2.24) is 0 Å². The molecule has 4 heterocycles. The van der Waals surface area contributed by atoms with Gasteiger partial charge in [-0.05, 0) is 177 Å². The highest BCUT2D eigenvalue weighted by Gasteiger charge is 2.51. The molecule has 4 heteroatoms. The molecule has 72 heavy (non-hydrogen) atoms. The van der Waals surface area contributed by atoms with Crippen molar-refractivity contribution >= 4 is 74.9 Å². The van der Waals surface area contributed by atoms with Gasteiger partial charge in [-0.2, -0.15) is 0 Å². The molecule has 7 aromatic rings. The van der Waals surface area contributed by atoms with Gasteiger partial charge in [0.2, 0.25) is 0 Å². The molecule has 0 saturated heterocycles. The quantitative estimate of drug-likeness (QED) is 0.0482. The van der Waals surface area contributed by atoms with Crippen LogP contribution in [0.3, 0.4) is 0 Å². The molecule has 0 radical (unpaired) electrons. The van der Waals surface area contributed by atoms with Gasteiger partial charge in [0.05, 0.1) is 0 Å². The first kappa shape index (κ1) is 54.0. The third-order valence-electron chi connectivity index (χ3n) is 18.5. The zero-order valence-corrected chi connectivity index (χ0v) is 50.3. The fraction of sp³-hybridized carbons (Fsp3) is 0.588. The fourth-order valence-corrected chi connectivity index (χ4v) is 18.7. The average molecular weight is 1040 g/mol. The van der Waals surface area contributed by atoms with Crippen LogP contribution in [0.2, 0.25) is 0 Å². The molecule has 4 aromatic heterocycles. The molecular weight excluding hydrogens is 945 g/mol. The Bertz CT molecular complexity index is 2850. The van der Waals surface area contributed by atoms with Crippen LogP contribution in [0, 0.1) is 23.7 Å². The first-order chi connectivity index (χ1) is 34.9. The maximum Gasteiger partial charge on any atom is 0.0463 e. The predicted molar refractivity (Wildman–Crippen MR) is 328 cm³/mol. The minimum Gasteiger partial charge on any atom is -0.140 e. The number of hydrogen-bond acceptors (Lipinski definition) is 4.